The molecule has 0 aliphatic carbocycles. The number of amides is 1. The summed E-state index contributed by atoms with van der Waals surface area (Å²) >= 11 is 0. The minimum Gasteiger partial charge on any atom is -0.481 e. The zero-order chi connectivity index (χ0) is 12.7. The topological polar surface area (TPSA) is 83.5 Å². The number of carboxylic acids is 1. The molecule has 0 bridgehead atoms. The lowest BCUT2D eigenvalue weighted by Crippen LogP contribution is -2.35. The van der Waals surface area contributed by atoms with Crippen LogP contribution >= 0.6 is 0 Å². The third kappa shape index (κ3) is 6.16. The van der Waals surface area contributed by atoms with Crippen LogP contribution in [-0.4, -0.2) is 29.3 Å². The Labute approximate surface area is 95.2 Å². The number of carbonyl (C=O) groups excluding carboxylic acids is 2. The number of carboxylic acid groups (broad SMARTS) is 1. The summed E-state index contributed by atoms with van der Waals surface area (Å²) < 4.78 is 0. The molecule has 92 valence electrons. The molecular formula is C11H19NO4. The molecule has 5 nitrogen and oxygen atoms in total. The van der Waals surface area contributed by atoms with Gasteiger partial charge in [0.1, 0.15) is 5.78 Å². The first-order valence-corrected chi connectivity index (χ1v) is 5.33. The molecule has 0 aromatic heterocycles. The molecule has 0 aromatic carbocycles. The second kappa shape index (κ2) is 6.98. The Morgan fingerprint density at radius 2 is 1.81 bits per heavy atom. The van der Waals surface area contributed by atoms with Crippen LogP contribution in [0.3, 0.4) is 0 Å². The predicted molar refractivity (Wildman–Crippen MR) is 58.9 cm³/mol. The SMILES string of the molecule is CC(=O)CCNC(=O)[C@@H](CC(=O)O)C(C)C. The van der Waals surface area contributed by atoms with E-state index in [-0.39, 0.29) is 37.0 Å². The molecule has 0 unspecified atom stereocenters. The van der Waals surface area contributed by atoms with Crippen LogP contribution < -0.4 is 5.32 Å². The number of Topliss-reactive ketones (excluding diaryl/α,β-unsaturated/α-hetero) is 1. The summed E-state index contributed by atoms with van der Waals surface area (Å²) in [6, 6.07) is 0. The van der Waals surface area contributed by atoms with Gasteiger partial charge in [0.2, 0.25) is 5.91 Å². The average Bonchev–Trinajstić information content (AvgIpc) is 2.12. The lowest BCUT2D eigenvalue weighted by atomic mass is 9.91. The van der Waals surface area contributed by atoms with E-state index < -0.39 is 11.9 Å². The van der Waals surface area contributed by atoms with Crippen LogP contribution in [0.15, 0.2) is 0 Å². The highest BCUT2D eigenvalue weighted by atomic mass is 16.4. The Balaban J connectivity index is 4.17. The fraction of sp³-hybridized carbons (Fsp3) is 0.727. The molecule has 5 heteroatoms. The van der Waals surface area contributed by atoms with E-state index >= 15 is 0 Å². The Bertz CT molecular complexity index is 273. The number of rotatable bonds is 7. The lowest BCUT2D eigenvalue weighted by molar-refractivity contribution is -0.142. The van der Waals surface area contributed by atoms with Gasteiger partial charge >= 0.3 is 5.97 Å². The van der Waals surface area contributed by atoms with Gasteiger partial charge in [-0.05, 0) is 12.8 Å². The van der Waals surface area contributed by atoms with Gasteiger partial charge in [0.25, 0.3) is 0 Å². The highest BCUT2D eigenvalue weighted by Crippen LogP contribution is 2.15. The summed E-state index contributed by atoms with van der Waals surface area (Å²) in [6.45, 7) is 5.33. The van der Waals surface area contributed by atoms with Crippen LogP contribution in [0.2, 0.25) is 0 Å². The Hall–Kier alpha value is -1.39. The maximum absolute atomic E-state index is 11.6. The van der Waals surface area contributed by atoms with Gasteiger partial charge in [0, 0.05) is 13.0 Å². The fourth-order valence-corrected chi connectivity index (χ4v) is 1.31. The van der Waals surface area contributed by atoms with Gasteiger partial charge in [0.05, 0.1) is 12.3 Å². The van der Waals surface area contributed by atoms with E-state index in [1.807, 2.05) is 0 Å². The molecule has 2 N–H and O–H groups in total. The monoisotopic (exact) mass is 229 g/mol. The van der Waals surface area contributed by atoms with E-state index in [9.17, 15) is 14.4 Å². The number of carbonyl (C=O) groups is 3. The zero-order valence-corrected chi connectivity index (χ0v) is 9.95. The van der Waals surface area contributed by atoms with Crippen LogP contribution in [0.25, 0.3) is 0 Å². The first kappa shape index (κ1) is 14.6. The molecule has 1 amide bonds. The fourth-order valence-electron chi connectivity index (χ4n) is 1.31. The molecule has 0 aliphatic heterocycles. The summed E-state index contributed by atoms with van der Waals surface area (Å²) in [5.41, 5.74) is 0. The Morgan fingerprint density at radius 1 is 1.25 bits per heavy atom. The molecule has 0 fully saturated rings. The summed E-state index contributed by atoms with van der Waals surface area (Å²) in [7, 11) is 0. The molecule has 1 atom stereocenters. The van der Waals surface area contributed by atoms with Crippen molar-refractivity contribution in [1.29, 1.82) is 0 Å². The van der Waals surface area contributed by atoms with Gasteiger partial charge < -0.3 is 10.4 Å². The van der Waals surface area contributed by atoms with Gasteiger partial charge in [-0.2, -0.15) is 0 Å². The van der Waals surface area contributed by atoms with E-state index in [4.69, 9.17) is 5.11 Å². The number of nitrogens with one attached hydrogen (secondary N) is 1. The predicted octanol–water partition coefficient (Wildman–Crippen LogP) is 0.829. The summed E-state index contributed by atoms with van der Waals surface area (Å²) in [5, 5.41) is 11.2. The van der Waals surface area contributed by atoms with Crippen molar-refractivity contribution in [1.82, 2.24) is 5.32 Å². The minimum absolute atomic E-state index is 0.000341. The summed E-state index contributed by atoms with van der Waals surface area (Å²) in [6.07, 6.45) is 0.104. The smallest absolute Gasteiger partial charge is 0.304 e. The average molecular weight is 229 g/mol. The van der Waals surface area contributed by atoms with Crippen molar-refractivity contribution < 1.29 is 19.5 Å². The number of aliphatic carboxylic acids is 1. The largest absolute Gasteiger partial charge is 0.481 e. The summed E-state index contributed by atoms with van der Waals surface area (Å²) in [4.78, 5) is 32.8. The van der Waals surface area contributed by atoms with Crippen molar-refractivity contribution in [2.75, 3.05) is 6.54 Å². The normalized spacial score (nSPS) is 12.2. The van der Waals surface area contributed by atoms with Gasteiger partial charge in [-0.15, -0.1) is 0 Å². The van der Waals surface area contributed by atoms with E-state index in [0.717, 1.165) is 0 Å². The van der Waals surface area contributed by atoms with E-state index in [1.165, 1.54) is 6.92 Å². The molecule has 0 aromatic rings. The standard InChI is InChI=1S/C11H19NO4/c1-7(2)9(6-10(14)15)11(16)12-5-4-8(3)13/h7,9H,4-6H2,1-3H3,(H,12,16)(H,14,15)/t9-/m0/s1. The van der Waals surface area contributed by atoms with Crippen molar-refractivity contribution in [2.45, 2.75) is 33.6 Å². The van der Waals surface area contributed by atoms with Crippen LogP contribution in [0.1, 0.15) is 33.6 Å². The number of ketones is 1. The first-order valence-electron chi connectivity index (χ1n) is 5.33. The quantitative estimate of drug-likeness (QED) is 0.677. The van der Waals surface area contributed by atoms with Gasteiger partial charge in [-0.25, -0.2) is 0 Å². The zero-order valence-electron chi connectivity index (χ0n) is 9.95. The van der Waals surface area contributed by atoms with Crippen molar-refractivity contribution in [3.05, 3.63) is 0 Å². The van der Waals surface area contributed by atoms with E-state index in [0.29, 0.717) is 0 Å². The van der Waals surface area contributed by atoms with E-state index in [2.05, 4.69) is 5.32 Å². The van der Waals surface area contributed by atoms with Crippen molar-refractivity contribution in [3.8, 4) is 0 Å². The highest BCUT2D eigenvalue weighted by Gasteiger charge is 2.24. The van der Waals surface area contributed by atoms with Gasteiger partial charge in [-0.3, -0.25) is 14.4 Å². The molecule has 0 aliphatic rings. The van der Waals surface area contributed by atoms with Gasteiger partial charge in [0.15, 0.2) is 0 Å². The van der Waals surface area contributed by atoms with Gasteiger partial charge in [-0.1, -0.05) is 13.8 Å². The highest BCUT2D eigenvalue weighted by molar-refractivity contribution is 5.84. The molecule has 0 saturated carbocycles. The minimum atomic E-state index is -0.986. The van der Waals surface area contributed by atoms with Crippen LogP contribution in [0.5, 0.6) is 0 Å². The van der Waals surface area contributed by atoms with E-state index in [1.54, 1.807) is 13.8 Å². The molecule has 0 heterocycles. The maximum atomic E-state index is 11.6. The van der Waals surface area contributed by atoms with Crippen molar-refractivity contribution in [2.24, 2.45) is 11.8 Å². The van der Waals surface area contributed by atoms with Crippen LogP contribution in [0, 0.1) is 11.8 Å². The Morgan fingerprint density at radius 3 is 2.19 bits per heavy atom. The summed E-state index contributed by atoms with van der Waals surface area (Å²) in [5.74, 6) is -1.85. The molecule has 16 heavy (non-hydrogen) atoms. The third-order valence-electron chi connectivity index (χ3n) is 2.31. The Kier molecular flexibility index (Phi) is 6.37. The maximum Gasteiger partial charge on any atom is 0.304 e. The first-order chi connectivity index (χ1) is 7.34. The van der Waals surface area contributed by atoms with Crippen molar-refractivity contribution in [3.63, 3.8) is 0 Å². The molecule has 0 radical (unpaired) electrons. The molecule has 0 rings (SSSR count). The molecular weight excluding hydrogens is 210 g/mol. The second-order valence-corrected chi connectivity index (χ2v) is 4.19. The lowest BCUT2D eigenvalue weighted by Gasteiger charge is -2.18. The van der Waals surface area contributed by atoms with Crippen molar-refractivity contribution >= 4 is 17.7 Å². The second-order valence-electron chi connectivity index (χ2n) is 4.19. The van der Waals surface area contributed by atoms with Crippen LogP contribution in [-0.2, 0) is 14.4 Å². The molecule has 0 saturated heterocycles. The number of hydrogen-bond donors (Lipinski definition) is 2. The number of hydrogen-bond acceptors (Lipinski definition) is 3. The van der Waals surface area contributed by atoms with Crippen LogP contribution in [0.4, 0.5) is 0 Å². The third-order valence-corrected chi connectivity index (χ3v) is 2.31. The molecule has 0 spiro atoms.